The number of aliphatic hydroxyl groups is 1. The second-order valence-electron chi connectivity index (χ2n) is 9.81. The van der Waals surface area contributed by atoms with Crippen molar-refractivity contribution < 1.29 is 19.4 Å². The summed E-state index contributed by atoms with van der Waals surface area (Å²) in [6.45, 7) is 5.05. The number of aliphatic hydroxyl groups excluding tert-OH is 1. The fraction of sp³-hybridized carbons (Fsp3) is 0.629. The van der Waals surface area contributed by atoms with Crippen molar-refractivity contribution in [3.05, 3.63) is 72.9 Å². The van der Waals surface area contributed by atoms with E-state index >= 15 is 0 Å². The summed E-state index contributed by atoms with van der Waals surface area (Å²) < 4.78 is 11.0. The molecule has 0 rings (SSSR count). The van der Waals surface area contributed by atoms with Crippen LogP contribution >= 0.6 is 0 Å². The third-order valence-electron chi connectivity index (χ3n) is 6.05. The number of hydrogen-bond donors (Lipinski definition) is 1. The lowest BCUT2D eigenvalue weighted by molar-refractivity contribution is -0.153. The van der Waals surface area contributed by atoms with Crippen molar-refractivity contribution in [2.45, 2.75) is 123 Å². The van der Waals surface area contributed by atoms with E-state index in [1.54, 1.807) is 0 Å². The third kappa shape index (κ3) is 30.2. The van der Waals surface area contributed by atoms with E-state index in [-0.39, 0.29) is 25.6 Å². The van der Waals surface area contributed by atoms with Crippen LogP contribution < -0.4 is 0 Å². The fourth-order valence-electron chi connectivity index (χ4n) is 3.73. The molecule has 222 valence electrons. The molecular formula is C35H58O4. The van der Waals surface area contributed by atoms with E-state index in [1.165, 1.54) is 51.4 Å². The topological polar surface area (TPSA) is 55.8 Å². The predicted molar refractivity (Wildman–Crippen MR) is 168 cm³/mol. The maximum Gasteiger partial charge on any atom is 0.310 e. The summed E-state index contributed by atoms with van der Waals surface area (Å²) in [4.78, 5) is 12.0. The van der Waals surface area contributed by atoms with Gasteiger partial charge >= 0.3 is 5.97 Å². The molecule has 1 N–H and O–H groups in total. The Kier molecular flexibility index (Phi) is 30.3. The molecule has 0 aromatic heterocycles. The molecular weight excluding hydrogens is 484 g/mol. The van der Waals surface area contributed by atoms with Crippen LogP contribution in [0.15, 0.2) is 72.9 Å². The molecule has 1 unspecified atom stereocenters. The van der Waals surface area contributed by atoms with Crippen LogP contribution in [0.1, 0.15) is 117 Å². The zero-order chi connectivity index (χ0) is 28.5. The minimum atomic E-state index is -0.592. The van der Waals surface area contributed by atoms with Gasteiger partial charge in [-0.25, -0.2) is 0 Å². The van der Waals surface area contributed by atoms with Gasteiger partial charge < -0.3 is 14.6 Å². The van der Waals surface area contributed by atoms with Crippen LogP contribution in [0.2, 0.25) is 0 Å². The quantitative estimate of drug-likeness (QED) is 0.0638. The molecule has 4 heteroatoms. The fourth-order valence-corrected chi connectivity index (χ4v) is 3.73. The summed E-state index contributed by atoms with van der Waals surface area (Å²) in [6, 6.07) is 0. The van der Waals surface area contributed by atoms with Gasteiger partial charge in [0.2, 0.25) is 0 Å². The zero-order valence-electron chi connectivity index (χ0n) is 25.1. The minimum absolute atomic E-state index is 0.207. The lowest BCUT2D eigenvalue weighted by Gasteiger charge is -2.15. The van der Waals surface area contributed by atoms with Crippen molar-refractivity contribution in [1.82, 2.24) is 0 Å². The molecule has 0 fully saturated rings. The number of rotatable bonds is 27. The molecule has 0 amide bonds. The monoisotopic (exact) mass is 542 g/mol. The molecule has 0 aromatic rings. The molecule has 39 heavy (non-hydrogen) atoms. The zero-order valence-corrected chi connectivity index (χ0v) is 25.1. The summed E-state index contributed by atoms with van der Waals surface area (Å²) in [7, 11) is 0. The molecule has 4 nitrogen and oxygen atoms in total. The van der Waals surface area contributed by atoms with Gasteiger partial charge in [-0.3, -0.25) is 4.79 Å². The Balaban J connectivity index is 3.68. The normalized spacial score (nSPS) is 13.4. The standard InChI is InChI=1S/C35H58O4/c1-3-5-7-9-11-13-15-17-18-19-20-22-24-26-28-30-35(37)39-34(32-36)33-38-31-29-27-25-23-21-16-14-12-10-8-6-4-2/h5,7,10-13,17-18,20,22,26,28,34,36H,3-4,6,8-9,14-16,19,21,23-25,27,29-33H2,1-2H3/b7-5-,12-10-,13-11-,18-17-,22-20-,28-26-. The number of hydrogen-bond acceptors (Lipinski definition) is 4. The number of allylic oxidation sites excluding steroid dienone is 11. The SMILES string of the molecule is CC/C=C\C/C=C\C/C=C\C/C=C\C/C=C\CC(=O)OC(CO)COCCCCCCCC/C=C\CCCC. The molecule has 1 atom stereocenters. The number of carbonyl (C=O) groups excluding carboxylic acids is 1. The molecule has 0 aliphatic carbocycles. The van der Waals surface area contributed by atoms with Crippen molar-refractivity contribution in [1.29, 1.82) is 0 Å². The summed E-state index contributed by atoms with van der Waals surface area (Å²) >= 11 is 0. The Hall–Kier alpha value is -2.17. The average molecular weight is 543 g/mol. The Bertz CT molecular complexity index is 699. The highest BCUT2D eigenvalue weighted by Gasteiger charge is 2.12. The van der Waals surface area contributed by atoms with Crippen LogP contribution in [-0.4, -0.2) is 37.0 Å². The van der Waals surface area contributed by atoms with E-state index in [0.717, 1.165) is 44.9 Å². The van der Waals surface area contributed by atoms with Crippen molar-refractivity contribution >= 4 is 5.97 Å². The van der Waals surface area contributed by atoms with Gasteiger partial charge in [-0.1, -0.05) is 125 Å². The largest absolute Gasteiger partial charge is 0.457 e. The van der Waals surface area contributed by atoms with Gasteiger partial charge in [0.25, 0.3) is 0 Å². The van der Waals surface area contributed by atoms with E-state index < -0.39 is 6.10 Å². The van der Waals surface area contributed by atoms with Crippen LogP contribution in [0.5, 0.6) is 0 Å². The highest BCUT2D eigenvalue weighted by molar-refractivity contribution is 5.71. The lowest BCUT2D eigenvalue weighted by Crippen LogP contribution is -2.27. The first-order valence-electron chi connectivity index (χ1n) is 15.5. The summed E-state index contributed by atoms with van der Waals surface area (Å²) in [5, 5.41) is 9.48. The van der Waals surface area contributed by atoms with E-state index in [4.69, 9.17) is 9.47 Å². The van der Waals surface area contributed by atoms with Crippen molar-refractivity contribution in [2.24, 2.45) is 0 Å². The van der Waals surface area contributed by atoms with Gasteiger partial charge in [-0.2, -0.15) is 0 Å². The molecule has 0 aliphatic rings. The highest BCUT2D eigenvalue weighted by atomic mass is 16.6. The number of unbranched alkanes of at least 4 members (excludes halogenated alkanes) is 8. The van der Waals surface area contributed by atoms with Gasteiger partial charge in [0.15, 0.2) is 0 Å². The van der Waals surface area contributed by atoms with Crippen molar-refractivity contribution in [3.8, 4) is 0 Å². The number of carbonyl (C=O) groups is 1. The van der Waals surface area contributed by atoms with E-state index in [9.17, 15) is 9.90 Å². The molecule has 0 aliphatic heterocycles. The Labute approximate surface area is 240 Å². The van der Waals surface area contributed by atoms with Crippen LogP contribution in [0, 0.1) is 0 Å². The van der Waals surface area contributed by atoms with Gasteiger partial charge in [-0.05, 0) is 57.8 Å². The highest BCUT2D eigenvalue weighted by Crippen LogP contribution is 2.09. The van der Waals surface area contributed by atoms with Gasteiger partial charge in [-0.15, -0.1) is 0 Å². The third-order valence-corrected chi connectivity index (χ3v) is 6.05. The number of ether oxygens (including phenoxy) is 2. The van der Waals surface area contributed by atoms with Crippen molar-refractivity contribution in [3.63, 3.8) is 0 Å². The van der Waals surface area contributed by atoms with Crippen LogP contribution in [0.25, 0.3) is 0 Å². The molecule has 0 saturated carbocycles. The molecule has 0 aromatic carbocycles. The lowest BCUT2D eigenvalue weighted by atomic mass is 10.1. The van der Waals surface area contributed by atoms with E-state index in [1.807, 2.05) is 12.2 Å². The second-order valence-corrected chi connectivity index (χ2v) is 9.81. The van der Waals surface area contributed by atoms with Gasteiger partial charge in [0, 0.05) is 6.61 Å². The van der Waals surface area contributed by atoms with Crippen LogP contribution in [0.3, 0.4) is 0 Å². The summed E-state index contributed by atoms with van der Waals surface area (Å²) in [5.74, 6) is -0.334. The second kappa shape index (κ2) is 32.0. The Morgan fingerprint density at radius 3 is 1.72 bits per heavy atom. The average Bonchev–Trinajstić information content (AvgIpc) is 2.94. The molecule has 0 bridgehead atoms. The maximum atomic E-state index is 12.0. The minimum Gasteiger partial charge on any atom is -0.457 e. The molecule has 0 radical (unpaired) electrons. The first-order chi connectivity index (χ1) is 19.2. The smallest absolute Gasteiger partial charge is 0.310 e. The van der Waals surface area contributed by atoms with Crippen molar-refractivity contribution in [2.75, 3.05) is 19.8 Å². The predicted octanol–water partition coefficient (Wildman–Crippen LogP) is 9.53. The Morgan fingerprint density at radius 1 is 0.641 bits per heavy atom. The van der Waals surface area contributed by atoms with E-state index in [2.05, 4.69) is 74.6 Å². The summed E-state index contributed by atoms with van der Waals surface area (Å²) in [5.41, 5.74) is 0. The summed E-state index contributed by atoms with van der Waals surface area (Å²) in [6.07, 6.45) is 42.3. The first kappa shape index (κ1) is 36.8. The molecule has 0 heterocycles. The molecule has 0 saturated heterocycles. The Morgan fingerprint density at radius 2 is 1.15 bits per heavy atom. The van der Waals surface area contributed by atoms with Crippen LogP contribution in [-0.2, 0) is 14.3 Å². The van der Waals surface area contributed by atoms with Crippen LogP contribution in [0.4, 0.5) is 0 Å². The molecule has 0 spiro atoms. The van der Waals surface area contributed by atoms with Gasteiger partial charge in [0.05, 0.1) is 19.6 Å². The maximum absolute atomic E-state index is 12.0. The van der Waals surface area contributed by atoms with Gasteiger partial charge in [0.1, 0.15) is 6.10 Å². The number of esters is 1. The first-order valence-corrected chi connectivity index (χ1v) is 15.5. The van der Waals surface area contributed by atoms with E-state index in [0.29, 0.717) is 6.61 Å².